The molecule has 1 unspecified atom stereocenters. The third kappa shape index (κ3) is 5.62. The molecule has 1 atom stereocenters. The number of halogens is 2. The molecule has 4 rings (SSSR count). The molecule has 33 heavy (non-hydrogen) atoms. The van der Waals surface area contributed by atoms with E-state index in [0.717, 1.165) is 28.8 Å². The number of carbonyl (C=O) groups excluding carboxylic acids is 2. The molecule has 1 aliphatic rings. The first-order chi connectivity index (χ1) is 16.0. The van der Waals surface area contributed by atoms with Crippen LogP contribution in [0.1, 0.15) is 17.5 Å². The Morgan fingerprint density at radius 2 is 1.61 bits per heavy atom. The van der Waals surface area contributed by atoms with Gasteiger partial charge in [0.2, 0.25) is 11.8 Å². The van der Waals surface area contributed by atoms with Gasteiger partial charge in [-0.3, -0.25) is 14.5 Å². The van der Waals surface area contributed by atoms with Crippen LogP contribution in [0.3, 0.4) is 0 Å². The number of nitrogens with one attached hydrogen (secondary N) is 2. The van der Waals surface area contributed by atoms with Crippen LogP contribution >= 0.6 is 0 Å². The highest BCUT2D eigenvalue weighted by Gasteiger charge is 2.31. The van der Waals surface area contributed by atoms with Crippen LogP contribution in [0.4, 0.5) is 8.78 Å². The highest BCUT2D eigenvalue weighted by molar-refractivity contribution is 5.88. The van der Waals surface area contributed by atoms with Gasteiger partial charge in [-0.15, -0.1) is 0 Å². The van der Waals surface area contributed by atoms with Crippen LogP contribution in [0.25, 0.3) is 11.1 Å². The fourth-order valence-corrected chi connectivity index (χ4v) is 3.98. The van der Waals surface area contributed by atoms with Crippen molar-refractivity contribution in [3.8, 4) is 11.1 Å². The summed E-state index contributed by atoms with van der Waals surface area (Å²) < 4.78 is 27.6. The maximum absolute atomic E-state index is 13.8. The van der Waals surface area contributed by atoms with E-state index in [1.807, 2.05) is 59.5 Å². The van der Waals surface area contributed by atoms with Gasteiger partial charge in [0.1, 0.15) is 11.6 Å². The maximum Gasteiger partial charge on any atom is 0.237 e. The molecule has 1 fully saturated rings. The molecular weight excluding hydrogens is 424 g/mol. The molecule has 3 aromatic rings. The van der Waals surface area contributed by atoms with Gasteiger partial charge in [-0.2, -0.15) is 0 Å². The van der Waals surface area contributed by atoms with E-state index in [-0.39, 0.29) is 24.4 Å². The molecule has 7 heteroatoms. The summed E-state index contributed by atoms with van der Waals surface area (Å²) in [6, 6.07) is 21.1. The number of benzene rings is 3. The van der Waals surface area contributed by atoms with Crippen LogP contribution in [0.15, 0.2) is 72.8 Å². The number of nitrogens with zero attached hydrogens (tertiary/aromatic N) is 1. The maximum atomic E-state index is 13.8. The second-order valence-corrected chi connectivity index (χ2v) is 8.02. The summed E-state index contributed by atoms with van der Waals surface area (Å²) in [7, 11) is 0. The molecule has 170 valence electrons. The molecule has 0 aliphatic carbocycles. The van der Waals surface area contributed by atoms with Gasteiger partial charge in [0.15, 0.2) is 0 Å². The third-order valence-electron chi connectivity index (χ3n) is 5.79. The lowest BCUT2D eigenvalue weighted by molar-refractivity contribution is -0.134. The van der Waals surface area contributed by atoms with E-state index in [1.165, 1.54) is 6.07 Å². The van der Waals surface area contributed by atoms with E-state index in [2.05, 4.69) is 10.6 Å². The van der Waals surface area contributed by atoms with E-state index < -0.39 is 23.6 Å². The monoisotopic (exact) mass is 449 g/mol. The van der Waals surface area contributed by atoms with Crippen molar-refractivity contribution in [3.05, 3.63) is 95.6 Å². The topological polar surface area (TPSA) is 61.4 Å². The zero-order valence-corrected chi connectivity index (χ0v) is 18.1. The smallest absolute Gasteiger partial charge is 0.237 e. The lowest BCUT2D eigenvalue weighted by Crippen LogP contribution is -2.56. The fraction of sp³-hybridized carbons (Fsp3) is 0.231. The number of hydrogen-bond acceptors (Lipinski definition) is 3. The number of carbonyl (C=O) groups is 2. The zero-order valence-electron chi connectivity index (χ0n) is 18.1. The quantitative estimate of drug-likeness (QED) is 0.579. The van der Waals surface area contributed by atoms with Gasteiger partial charge in [0, 0.05) is 31.7 Å². The Morgan fingerprint density at radius 1 is 0.939 bits per heavy atom. The average Bonchev–Trinajstić information content (AvgIpc) is 2.82. The Balaban J connectivity index is 1.39. The van der Waals surface area contributed by atoms with Gasteiger partial charge in [-0.25, -0.2) is 8.78 Å². The number of rotatable bonds is 7. The highest BCUT2D eigenvalue weighted by Crippen LogP contribution is 2.21. The molecule has 0 aromatic heterocycles. The molecule has 2 amide bonds. The molecule has 1 saturated heterocycles. The van der Waals surface area contributed by atoms with Gasteiger partial charge in [0.05, 0.1) is 12.5 Å². The third-order valence-corrected chi connectivity index (χ3v) is 5.79. The second kappa shape index (κ2) is 10.4. The molecule has 5 nitrogen and oxygen atoms in total. The van der Waals surface area contributed by atoms with Crippen molar-refractivity contribution in [3.63, 3.8) is 0 Å². The van der Waals surface area contributed by atoms with Gasteiger partial charge >= 0.3 is 0 Å². The number of hydrogen-bond donors (Lipinski definition) is 2. The Kier molecular flexibility index (Phi) is 7.10. The van der Waals surface area contributed by atoms with E-state index in [1.54, 1.807) is 0 Å². The van der Waals surface area contributed by atoms with Crippen LogP contribution in [-0.4, -0.2) is 35.8 Å². The van der Waals surface area contributed by atoms with Crippen molar-refractivity contribution in [1.82, 2.24) is 15.5 Å². The van der Waals surface area contributed by atoms with Crippen molar-refractivity contribution >= 4 is 11.8 Å². The normalized spacial score (nSPS) is 16.3. The lowest BCUT2D eigenvalue weighted by Gasteiger charge is -2.34. The summed E-state index contributed by atoms with van der Waals surface area (Å²) in [5.41, 5.74) is 3.06. The van der Waals surface area contributed by atoms with Crippen LogP contribution in [0, 0.1) is 11.6 Å². The largest absolute Gasteiger partial charge is 0.353 e. The second-order valence-electron chi connectivity index (χ2n) is 8.02. The summed E-state index contributed by atoms with van der Waals surface area (Å²) in [5, 5.41) is 5.33. The predicted octanol–water partition coefficient (Wildman–Crippen LogP) is 3.64. The number of amides is 2. The van der Waals surface area contributed by atoms with Crippen molar-refractivity contribution in [2.45, 2.75) is 25.6 Å². The Hall–Kier alpha value is -3.58. The van der Waals surface area contributed by atoms with E-state index in [4.69, 9.17) is 0 Å². The van der Waals surface area contributed by atoms with Gasteiger partial charge < -0.3 is 10.6 Å². The molecule has 1 aliphatic heterocycles. The van der Waals surface area contributed by atoms with E-state index in [9.17, 15) is 18.4 Å². The van der Waals surface area contributed by atoms with Crippen LogP contribution in [0.5, 0.6) is 0 Å². The molecule has 2 N–H and O–H groups in total. The lowest BCUT2D eigenvalue weighted by atomic mass is 10.0. The first-order valence-electron chi connectivity index (χ1n) is 10.9. The van der Waals surface area contributed by atoms with Crippen molar-refractivity contribution in [1.29, 1.82) is 0 Å². The Morgan fingerprint density at radius 3 is 2.30 bits per heavy atom. The molecule has 0 bridgehead atoms. The zero-order chi connectivity index (χ0) is 23.2. The summed E-state index contributed by atoms with van der Waals surface area (Å²) in [4.78, 5) is 26.9. The van der Waals surface area contributed by atoms with Crippen LogP contribution < -0.4 is 10.6 Å². The first-order valence-corrected chi connectivity index (χ1v) is 10.9. The molecule has 3 aromatic carbocycles. The minimum atomic E-state index is -0.716. The Bertz CT molecular complexity index is 1100. The van der Waals surface area contributed by atoms with Gasteiger partial charge in [-0.05, 0) is 28.8 Å². The van der Waals surface area contributed by atoms with Crippen LogP contribution in [-0.2, 0) is 22.7 Å². The van der Waals surface area contributed by atoms with Gasteiger partial charge in [0.25, 0.3) is 0 Å². The molecule has 0 spiro atoms. The fourth-order valence-electron chi connectivity index (χ4n) is 3.98. The van der Waals surface area contributed by atoms with E-state index in [0.29, 0.717) is 19.6 Å². The molecule has 1 heterocycles. The minimum Gasteiger partial charge on any atom is -0.353 e. The minimum absolute atomic E-state index is 0.0933. The highest BCUT2D eigenvalue weighted by atomic mass is 19.1. The molecular formula is C26H25F2N3O2. The standard InChI is InChI=1S/C26H25F2N3O2/c27-22-7-4-8-23(28)21(22)16-30-25(32)15-24-26(33)29-13-14-31(24)17-18-9-11-20(12-10-18)19-5-2-1-3-6-19/h1-12,24H,13-17H2,(H,29,33)(H,30,32). The summed E-state index contributed by atoms with van der Waals surface area (Å²) >= 11 is 0. The predicted molar refractivity (Wildman–Crippen MR) is 122 cm³/mol. The SMILES string of the molecule is O=C(CC1C(=O)NCCN1Cc1ccc(-c2ccccc2)cc1)NCc1c(F)cccc1F. The summed E-state index contributed by atoms with van der Waals surface area (Å²) in [6.45, 7) is 1.35. The van der Waals surface area contributed by atoms with Crippen molar-refractivity contribution in [2.75, 3.05) is 13.1 Å². The Labute approximate surface area is 191 Å². The van der Waals surface area contributed by atoms with Crippen LogP contribution in [0.2, 0.25) is 0 Å². The number of piperazine rings is 1. The van der Waals surface area contributed by atoms with E-state index >= 15 is 0 Å². The average molecular weight is 450 g/mol. The molecule has 0 radical (unpaired) electrons. The first kappa shape index (κ1) is 22.6. The van der Waals surface area contributed by atoms with Gasteiger partial charge in [-0.1, -0.05) is 60.7 Å². The van der Waals surface area contributed by atoms with Crippen molar-refractivity contribution in [2.24, 2.45) is 0 Å². The van der Waals surface area contributed by atoms with Crippen molar-refractivity contribution < 1.29 is 18.4 Å². The summed E-state index contributed by atoms with van der Waals surface area (Å²) in [6.07, 6.45) is -0.0933. The summed E-state index contributed by atoms with van der Waals surface area (Å²) in [5.74, 6) is -2.10. The molecule has 0 saturated carbocycles.